The predicted molar refractivity (Wildman–Crippen MR) is 84.8 cm³/mol. The maximum absolute atomic E-state index is 12.6. The molecule has 112 valence electrons. The Labute approximate surface area is 131 Å². The van der Waals surface area contributed by atoms with E-state index in [0.717, 1.165) is 10.2 Å². The third kappa shape index (κ3) is 2.89. The van der Waals surface area contributed by atoms with Gasteiger partial charge >= 0.3 is 0 Å². The molecule has 1 aromatic carbocycles. The summed E-state index contributed by atoms with van der Waals surface area (Å²) in [5.74, 6) is -0.0709. The van der Waals surface area contributed by atoms with Gasteiger partial charge < -0.3 is 15.8 Å². The number of carbonyl (C=O) groups excluding carboxylic acids is 1. The number of carbonyl (C=O) groups is 1. The molecule has 0 radical (unpaired) electrons. The number of thiazole rings is 1. The Hall–Kier alpha value is -1.21. The molecule has 0 unspecified atom stereocenters. The van der Waals surface area contributed by atoms with Crippen LogP contribution in [0.15, 0.2) is 18.2 Å². The van der Waals surface area contributed by atoms with Crippen LogP contribution in [0.4, 0.5) is 5.13 Å². The first-order chi connectivity index (χ1) is 10.1. The van der Waals surface area contributed by atoms with E-state index in [0.29, 0.717) is 42.8 Å². The quantitative estimate of drug-likeness (QED) is 0.909. The molecule has 0 atom stereocenters. The number of nitrogens with zero attached hydrogens (tertiary/aromatic N) is 1. The first-order valence-corrected chi connectivity index (χ1v) is 7.98. The van der Waals surface area contributed by atoms with Crippen LogP contribution in [0, 0.1) is 5.41 Å². The molecule has 0 bridgehead atoms. The standard InChI is InChI=1S/C14H16ClN3O2S/c15-9-1-2-10-11(7-9)21-13(17-10)18-12(19)14(8-16)3-5-20-6-4-14/h1-2,7H,3-6,8,16H2,(H,17,18,19). The SMILES string of the molecule is NCC1(C(=O)Nc2nc3ccc(Cl)cc3s2)CCOCC1. The molecule has 2 heterocycles. The van der Waals surface area contributed by atoms with Crippen molar-refractivity contribution < 1.29 is 9.53 Å². The van der Waals surface area contributed by atoms with Crippen LogP contribution in [0.3, 0.4) is 0 Å². The monoisotopic (exact) mass is 325 g/mol. The number of hydrogen-bond donors (Lipinski definition) is 2. The van der Waals surface area contributed by atoms with Crippen LogP contribution in [-0.2, 0) is 9.53 Å². The molecule has 3 N–H and O–H groups in total. The topological polar surface area (TPSA) is 77.2 Å². The van der Waals surface area contributed by atoms with Crippen molar-refractivity contribution >= 4 is 44.2 Å². The first-order valence-electron chi connectivity index (χ1n) is 6.78. The highest BCUT2D eigenvalue weighted by atomic mass is 35.5. The zero-order chi connectivity index (χ0) is 14.9. The van der Waals surface area contributed by atoms with Crippen LogP contribution >= 0.6 is 22.9 Å². The second-order valence-corrected chi connectivity index (χ2v) is 6.65. The Morgan fingerprint density at radius 3 is 2.95 bits per heavy atom. The number of amides is 1. The third-order valence-electron chi connectivity index (χ3n) is 3.89. The van der Waals surface area contributed by atoms with Gasteiger partial charge in [0.05, 0.1) is 15.6 Å². The van der Waals surface area contributed by atoms with Crippen molar-refractivity contribution in [1.82, 2.24) is 4.98 Å². The summed E-state index contributed by atoms with van der Waals surface area (Å²) in [4.78, 5) is 17.0. The van der Waals surface area contributed by atoms with Gasteiger partial charge in [0.2, 0.25) is 5.91 Å². The normalized spacial score (nSPS) is 17.8. The summed E-state index contributed by atoms with van der Waals surface area (Å²) >= 11 is 7.37. The van der Waals surface area contributed by atoms with Gasteiger partial charge in [-0.2, -0.15) is 0 Å². The van der Waals surface area contributed by atoms with Crippen molar-refractivity contribution in [3.8, 4) is 0 Å². The number of fused-ring (bicyclic) bond motifs is 1. The van der Waals surface area contributed by atoms with Gasteiger partial charge in [-0.3, -0.25) is 4.79 Å². The van der Waals surface area contributed by atoms with E-state index in [1.54, 1.807) is 6.07 Å². The lowest BCUT2D eigenvalue weighted by molar-refractivity contribution is -0.130. The molecule has 1 aliphatic heterocycles. The molecule has 0 aliphatic carbocycles. The van der Waals surface area contributed by atoms with E-state index in [-0.39, 0.29) is 5.91 Å². The van der Waals surface area contributed by atoms with E-state index in [4.69, 9.17) is 22.1 Å². The van der Waals surface area contributed by atoms with Crippen LogP contribution < -0.4 is 11.1 Å². The van der Waals surface area contributed by atoms with Gasteiger partial charge in [-0.1, -0.05) is 22.9 Å². The van der Waals surface area contributed by atoms with Crippen molar-refractivity contribution in [2.45, 2.75) is 12.8 Å². The van der Waals surface area contributed by atoms with Gasteiger partial charge in [-0.05, 0) is 31.0 Å². The van der Waals surface area contributed by atoms with Crippen LogP contribution in [0.1, 0.15) is 12.8 Å². The lowest BCUT2D eigenvalue weighted by atomic mass is 9.79. The highest BCUT2D eigenvalue weighted by Gasteiger charge is 2.39. The van der Waals surface area contributed by atoms with Gasteiger partial charge in [0.1, 0.15) is 0 Å². The molecule has 21 heavy (non-hydrogen) atoms. The van der Waals surface area contributed by atoms with Gasteiger partial charge in [-0.25, -0.2) is 4.98 Å². The first kappa shape index (κ1) is 14.7. The fourth-order valence-corrected chi connectivity index (χ4v) is 3.60. The summed E-state index contributed by atoms with van der Waals surface area (Å²) in [6.45, 7) is 1.46. The van der Waals surface area contributed by atoms with Gasteiger partial charge in [0, 0.05) is 24.8 Å². The summed E-state index contributed by atoms with van der Waals surface area (Å²) in [5.41, 5.74) is 6.12. The average molecular weight is 326 g/mol. The molecule has 1 aromatic heterocycles. The number of anilines is 1. The molecule has 1 fully saturated rings. The largest absolute Gasteiger partial charge is 0.381 e. The second-order valence-electron chi connectivity index (χ2n) is 5.18. The predicted octanol–water partition coefficient (Wildman–Crippen LogP) is 2.64. The van der Waals surface area contributed by atoms with Crippen molar-refractivity contribution in [3.05, 3.63) is 23.2 Å². The minimum Gasteiger partial charge on any atom is -0.381 e. The average Bonchev–Trinajstić information content (AvgIpc) is 2.89. The fourth-order valence-electron chi connectivity index (χ4n) is 2.47. The number of ether oxygens (including phenoxy) is 1. The molecule has 0 saturated carbocycles. The van der Waals surface area contributed by atoms with E-state index in [2.05, 4.69) is 10.3 Å². The number of rotatable bonds is 3. The van der Waals surface area contributed by atoms with Gasteiger partial charge in [0.15, 0.2) is 5.13 Å². The number of hydrogen-bond acceptors (Lipinski definition) is 5. The smallest absolute Gasteiger partial charge is 0.233 e. The van der Waals surface area contributed by atoms with Crippen LogP contribution in [0.2, 0.25) is 5.02 Å². The van der Waals surface area contributed by atoms with E-state index in [1.165, 1.54) is 11.3 Å². The Morgan fingerprint density at radius 1 is 1.48 bits per heavy atom. The highest BCUT2D eigenvalue weighted by molar-refractivity contribution is 7.22. The molecule has 1 amide bonds. The molecule has 0 spiro atoms. The minimum absolute atomic E-state index is 0.0709. The number of nitrogens with two attached hydrogens (primary N) is 1. The fraction of sp³-hybridized carbons (Fsp3) is 0.429. The maximum Gasteiger partial charge on any atom is 0.233 e. The molecule has 3 rings (SSSR count). The highest BCUT2D eigenvalue weighted by Crippen LogP contribution is 2.33. The molecule has 1 aliphatic rings. The van der Waals surface area contributed by atoms with Crippen molar-refractivity contribution in [3.63, 3.8) is 0 Å². The number of benzene rings is 1. The minimum atomic E-state index is -0.548. The van der Waals surface area contributed by atoms with E-state index >= 15 is 0 Å². The zero-order valence-electron chi connectivity index (χ0n) is 11.4. The summed E-state index contributed by atoms with van der Waals surface area (Å²) < 4.78 is 6.28. The van der Waals surface area contributed by atoms with Crippen molar-refractivity contribution in [1.29, 1.82) is 0 Å². The summed E-state index contributed by atoms with van der Waals surface area (Å²) in [5, 5.41) is 4.14. The van der Waals surface area contributed by atoms with Crippen LogP contribution in [-0.4, -0.2) is 30.6 Å². The Bertz CT molecular complexity index is 667. The summed E-state index contributed by atoms with van der Waals surface area (Å²) in [6.07, 6.45) is 1.29. The Morgan fingerprint density at radius 2 is 2.24 bits per heavy atom. The molecular weight excluding hydrogens is 310 g/mol. The van der Waals surface area contributed by atoms with Gasteiger partial charge in [-0.15, -0.1) is 0 Å². The van der Waals surface area contributed by atoms with Crippen molar-refractivity contribution in [2.24, 2.45) is 11.1 Å². The van der Waals surface area contributed by atoms with E-state index in [9.17, 15) is 4.79 Å². The maximum atomic E-state index is 12.6. The molecule has 1 saturated heterocycles. The van der Waals surface area contributed by atoms with E-state index in [1.807, 2.05) is 12.1 Å². The molecule has 2 aromatic rings. The summed E-state index contributed by atoms with van der Waals surface area (Å²) in [6, 6.07) is 5.48. The molecular formula is C14H16ClN3O2S. The molecule has 7 heteroatoms. The van der Waals surface area contributed by atoms with Crippen LogP contribution in [0.5, 0.6) is 0 Å². The second kappa shape index (κ2) is 5.88. The van der Waals surface area contributed by atoms with Crippen LogP contribution in [0.25, 0.3) is 10.2 Å². The third-order valence-corrected chi connectivity index (χ3v) is 5.06. The Kier molecular flexibility index (Phi) is 4.12. The van der Waals surface area contributed by atoms with Crippen molar-refractivity contribution in [2.75, 3.05) is 25.1 Å². The summed E-state index contributed by atoms with van der Waals surface area (Å²) in [7, 11) is 0. The number of halogens is 1. The van der Waals surface area contributed by atoms with E-state index < -0.39 is 5.41 Å². The van der Waals surface area contributed by atoms with Gasteiger partial charge in [0.25, 0.3) is 0 Å². The number of nitrogens with one attached hydrogen (secondary N) is 1. The number of aromatic nitrogens is 1. The zero-order valence-corrected chi connectivity index (χ0v) is 13.0. The lowest BCUT2D eigenvalue weighted by Crippen LogP contribution is -2.46. The Balaban J connectivity index is 1.81. The molecule has 5 nitrogen and oxygen atoms in total. The lowest BCUT2D eigenvalue weighted by Gasteiger charge is -2.34.